The zero-order chi connectivity index (χ0) is 13.1. The summed E-state index contributed by atoms with van der Waals surface area (Å²) in [6.45, 7) is 1.41. The predicted molar refractivity (Wildman–Crippen MR) is 75.6 cm³/mol. The fraction of sp³-hybridized carbons (Fsp3) is 0.200. The van der Waals surface area contributed by atoms with Crippen LogP contribution in [-0.2, 0) is 19.5 Å². The molecule has 4 nitrogen and oxygen atoms in total. The molecule has 0 aliphatic heterocycles. The summed E-state index contributed by atoms with van der Waals surface area (Å²) in [6, 6.07) is 12.5. The van der Waals surface area contributed by atoms with E-state index in [9.17, 15) is 0 Å². The molecule has 0 saturated heterocycles. The molecule has 19 heavy (non-hydrogen) atoms. The van der Waals surface area contributed by atoms with Crippen LogP contribution in [0, 0.1) is 0 Å². The van der Waals surface area contributed by atoms with Crippen LogP contribution in [0.2, 0.25) is 0 Å². The molecule has 0 atom stereocenters. The maximum absolute atomic E-state index is 5.66. The second-order valence-corrected chi connectivity index (χ2v) is 4.56. The Morgan fingerprint density at radius 3 is 2.68 bits per heavy atom. The zero-order valence-corrected chi connectivity index (χ0v) is 10.7. The van der Waals surface area contributed by atoms with Crippen molar-refractivity contribution in [3.63, 3.8) is 0 Å². The number of rotatable bonds is 4. The molecular weight excluding hydrogens is 236 g/mol. The molecule has 2 heterocycles. The predicted octanol–water partition coefficient (Wildman–Crippen LogP) is 2.13. The maximum Gasteiger partial charge on any atom is 0.177 e. The van der Waals surface area contributed by atoms with E-state index in [2.05, 4.69) is 44.9 Å². The van der Waals surface area contributed by atoms with E-state index >= 15 is 0 Å². The van der Waals surface area contributed by atoms with Gasteiger partial charge in [0.2, 0.25) is 0 Å². The van der Waals surface area contributed by atoms with Crippen molar-refractivity contribution in [1.29, 1.82) is 0 Å². The molecule has 3 rings (SSSR count). The number of nitrogens with two attached hydrogens (primary N) is 1. The summed E-state index contributed by atoms with van der Waals surface area (Å²) in [4.78, 5) is 8.63. The molecule has 0 unspecified atom stereocenters. The van der Waals surface area contributed by atoms with E-state index < -0.39 is 0 Å². The number of pyridine rings is 1. The molecule has 0 bridgehead atoms. The topological polar surface area (TPSA) is 56.7 Å². The van der Waals surface area contributed by atoms with Gasteiger partial charge in [0.15, 0.2) is 5.65 Å². The first kappa shape index (κ1) is 11.9. The highest BCUT2D eigenvalue weighted by Gasteiger charge is 2.04. The average molecular weight is 252 g/mol. The van der Waals surface area contributed by atoms with E-state index in [1.165, 1.54) is 5.56 Å². The van der Waals surface area contributed by atoms with Gasteiger partial charge < -0.3 is 10.3 Å². The summed E-state index contributed by atoms with van der Waals surface area (Å²) in [7, 11) is 0. The van der Waals surface area contributed by atoms with Gasteiger partial charge in [0.1, 0.15) is 0 Å². The van der Waals surface area contributed by atoms with Gasteiger partial charge in [-0.15, -0.1) is 0 Å². The fourth-order valence-corrected chi connectivity index (χ4v) is 2.17. The highest BCUT2D eigenvalue weighted by atomic mass is 15.1. The van der Waals surface area contributed by atoms with Crippen molar-refractivity contribution in [1.82, 2.24) is 14.5 Å². The van der Waals surface area contributed by atoms with Gasteiger partial charge >= 0.3 is 0 Å². The van der Waals surface area contributed by atoms with Crippen molar-refractivity contribution in [3.8, 4) is 0 Å². The van der Waals surface area contributed by atoms with Gasteiger partial charge in [-0.3, -0.25) is 0 Å². The molecule has 0 saturated carbocycles. The molecule has 2 N–H and O–H groups in total. The van der Waals surface area contributed by atoms with Crippen molar-refractivity contribution in [2.75, 3.05) is 0 Å². The Kier molecular flexibility index (Phi) is 3.25. The number of hydrogen-bond acceptors (Lipinski definition) is 3. The summed E-state index contributed by atoms with van der Waals surface area (Å²) in [6.07, 6.45) is 4.62. The van der Waals surface area contributed by atoms with Crippen molar-refractivity contribution >= 4 is 11.2 Å². The summed E-state index contributed by atoms with van der Waals surface area (Å²) in [5.41, 5.74) is 9.85. The quantitative estimate of drug-likeness (QED) is 0.774. The minimum atomic E-state index is 0.507. The van der Waals surface area contributed by atoms with Gasteiger partial charge in [-0.05, 0) is 23.6 Å². The van der Waals surface area contributed by atoms with Crippen LogP contribution in [0.1, 0.15) is 11.1 Å². The molecule has 2 aromatic heterocycles. The minimum Gasteiger partial charge on any atom is -0.329 e. The number of fused-ring (bicyclic) bond motifs is 1. The van der Waals surface area contributed by atoms with Crippen molar-refractivity contribution < 1.29 is 0 Å². The molecule has 0 radical (unpaired) electrons. The van der Waals surface area contributed by atoms with Crippen LogP contribution in [0.3, 0.4) is 0 Å². The summed E-state index contributed by atoms with van der Waals surface area (Å²) >= 11 is 0. The van der Waals surface area contributed by atoms with E-state index in [4.69, 9.17) is 5.73 Å². The second kappa shape index (κ2) is 5.20. The summed E-state index contributed by atoms with van der Waals surface area (Å²) < 4.78 is 2.13. The molecular formula is C15H16N4. The van der Waals surface area contributed by atoms with E-state index in [0.717, 1.165) is 29.7 Å². The maximum atomic E-state index is 5.66. The molecule has 96 valence electrons. The molecule has 4 heteroatoms. The summed E-state index contributed by atoms with van der Waals surface area (Å²) in [5, 5.41) is 0. The number of hydrogen-bond donors (Lipinski definition) is 1. The lowest BCUT2D eigenvalue weighted by molar-refractivity contribution is 0.715. The normalized spacial score (nSPS) is 11.0. The van der Waals surface area contributed by atoms with E-state index in [1.54, 1.807) is 6.20 Å². The van der Waals surface area contributed by atoms with Crippen LogP contribution in [-0.4, -0.2) is 14.5 Å². The smallest absolute Gasteiger partial charge is 0.177 e. The number of benzene rings is 1. The third-order valence-electron chi connectivity index (χ3n) is 3.25. The standard InChI is InChI=1S/C15H16N4/c16-9-13-8-14-15(17-10-13)18-11-19(14)7-6-12-4-2-1-3-5-12/h1-5,8,10-11H,6-7,9,16H2. The third-order valence-corrected chi connectivity index (χ3v) is 3.25. The Morgan fingerprint density at radius 2 is 1.89 bits per heavy atom. The molecule has 0 aliphatic carbocycles. The van der Waals surface area contributed by atoms with Gasteiger partial charge in [0.05, 0.1) is 11.8 Å². The van der Waals surface area contributed by atoms with Crippen molar-refractivity contribution in [2.24, 2.45) is 5.73 Å². The Bertz CT molecular complexity index is 673. The molecule has 0 spiro atoms. The lowest BCUT2D eigenvalue weighted by Gasteiger charge is -2.05. The largest absolute Gasteiger partial charge is 0.329 e. The molecule has 0 amide bonds. The highest BCUT2D eigenvalue weighted by molar-refractivity contribution is 5.71. The molecule has 0 fully saturated rings. The molecule has 1 aromatic carbocycles. The van der Waals surface area contributed by atoms with Crippen LogP contribution >= 0.6 is 0 Å². The molecule has 0 aliphatic rings. The Labute approximate surface area is 111 Å². The lowest BCUT2D eigenvalue weighted by atomic mass is 10.1. The average Bonchev–Trinajstić information content (AvgIpc) is 2.88. The van der Waals surface area contributed by atoms with E-state index in [0.29, 0.717) is 6.54 Å². The summed E-state index contributed by atoms with van der Waals surface area (Å²) in [5.74, 6) is 0. The van der Waals surface area contributed by atoms with Crippen LogP contribution in [0.4, 0.5) is 0 Å². The third kappa shape index (κ3) is 2.48. The van der Waals surface area contributed by atoms with Gasteiger partial charge in [0.25, 0.3) is 0 Å². The lowest BCUT2D eigenvalue weighted by Crippen LogP contribution is -2.01. The first-order valence-corrected chi connectivity index (χ1v) is 6.40. The first-order chi connectivity index (χ1) is 9.36. The van der Waals surface area contributed by atoms with Gasteiger partial charge in [0, 0.05) is 19.3 Å². The first-order valence-electron chi connectivity index (χ1n) is 6.40. The van der Waals surface area contributed by atoms with E-state index in [1.807, 2.05) is 12.4 Å². The van der Waals surface area contributed by atoms with Crippen LogP contribution in [0.25, 0.3) is 11.2 Å². The molecule has 3 aromatic rings. The van der Waals surface area contributed by atoms with Gasteiger partial charge in [-0.1, -0.05) is 30.3 Å². The van der Waals surface area contributed by atoms with Gasteiger partial charge in [-0.25, -0.2) is 9.97 Å². The SMILES string of the molecule is NCc1cnc2ncn(CCc3ccccc3)c2c1. The van der Waals surface area contributed by atoms with Gasteiger partial charge in [-0.2, -0.15) is 0 Å². The minimum absolute atomic E-state index is 0.507. The van der Waals surface area contributed by atoms with Crippen molar-refractivity contribution in [3.05, 3.63) is 60.0 Å². The fourth-order valence-electron chi connectivity index (χ4n) is 2.17. The second-order valence-electron chi connectivity index (χ2n) is 4.56. The van der Waals surface area contributed by atoms with Crippen LogP contribution in [0.5, 0.6) is 0 Å². The Hall–Kier alpha value is -2.20. The monoisotopic (exact) mass is 252 g/mol. The number of aromatic nitrogens is 3. The highest BCUT2D eigenvalue weighted by Crippen LogP contribution is 2.13. The Morgan fingerprint density at radius 1 is 1.05 bits per heavy atom. The Balaban J connectivity index is 1.84. The number of imidazole rings is 1. The van der Waals surface area contributed by atoms with E-state index in [-0.39, 0.29) is 0 Å². The van der Waals surface area contributed by atoms with Crippen molar-refractivity contribution in [2.45, 2.75) is 19.5 Å². The van der Waals surface area contributed by atoms with Crippen LogP contribution < -0.4 is 5.73 Å². The van der Waals surface area contributed by atoms with Crippen LogP contribution in [0.15, 0.2) is 48.9 Å². The number of aryl methyl sites for hydroxylation is 2. The number of nitrogens with zero attached hydrogens (tertiary/aromatic N) is 3. The zero-order valence-electron chi connectivity index (χ0n) is 10.7.